The summed E-state index contributed by atoms with van der Waals surface area (Å²) in [5.74, 6) is 1.50. The highest BCUT2D eigenvalue weighted by Gasteiger charge is 2.27. The second-order valence-electron chi connectivity index (χ2n) is 4.84. The molecule has 1 saturated heterocycles. The van der Waals surface area contributed by atoms with E-state index in [9.17, 15) is 4.79 Å². The minimum Gasteiger partial charge on any atom is -0.382 e. The summed E-state index contributed by atoms with van der Waals surface area (Å²) in [5.41, 5.74) is 5.82. The Labute approximate surface area is 101 Å². The van der Waals surface area contributed by atoms with E-state index in [1.807, 2.05) is 4.90 Å². The average molecular weight is 234 g/mol. The lowest BCUT2D eigenvalue weighted by Crippen LogP contribution is -2.42. The third kappa shape index (κ3) is 2.54. The monoisotopic (exact) mass is 234 g/mol. The van der Waals surface area contributed by atoms with Crippen molar-refractivity contribution in [2.75, 3.05) is 18.8 Å². The van der Waals surface area contributed by atoms with Gasteiger partial charge in [0.05, 0.1) is 0 Å². The van der Waals surface area contributed by atoms with Gasteiger partial charge in [-0.1, -0.05) is 13.8 Å². The van der Waals surface area contributed by atoms with E-state index in [2.05, 4.69) is 24.0 Å². The molecule has 17 heavy (non-hydrogen) atoms. The Kier molecular flexibility index (Phi) is 3.26. The van der Waals surface area contributed by atoms with Crippen molar-refractivity contribution in [3.05, 3.63) is 17.8 Å². The fraction of sp³-hybridized carbons (Fsp3) is 0.583. The minimum absolute atomic E-state index is 0.0451. The van der Waals surface area contributed by atoms with Crippen molar-refractivity contribution >= 4 is 11.7 Å². The zero-order valence-corrected chi connectivity index (χ0v) is 10.3. The van der Waals surface area contributed by atoms with Gasteiger partial charge in [-0.3, -0.25) is 4.79 Å². The van der Waals surface area contributed by atoms with E-state index in [1.165, 1.54) is 0 Å². The van der Waals surface area contributed by atoms with Gasteiger partial charge >= 0.3 is 0 Å². The summed E-state index contributed by atoms with van der Waals surface area (Å²) in [7, 11) is 0. The Balaban J connectivity index is 2.08. The van der Waals surface area contributed by atoms with Crippen LogP contribution in [0.5, 0.6) is 0 Å². The standard InChI is InChI=1S/C12H18N4O/c1-8-5-6-16(7-9(8)2)12(17)10-3-4-11(13)15-14-10/h3-4,8-9H,5-7H2,1-2H3,(H2,13,15). The van der Waals surface area contributed by atoms with E-state index in [1.54, 1.807) is 12.1 Å². The first-order chi connectivity index (χ1) is 8.08. The van der Waals surface area contributed by atoms with Gasteiger partial charge < -0.3 is 10.6 Å². The number of piperidine rings is 1. The van der Waals surface area contributed by atoms with E-state index in [-0.39, 0.29) is 5.91 Å². The maximum absolute atomic E-state index is 12.1. The van der Waals surface area contributed by atoms with Crippen LogP contribution in [0.1, 0.15) is 30.8 Å². The van der Waals surface area contributed by atoms with Crippen LogP contribution in [0.15, 0.2) is 12.1 Å². The summed E-state index contributed by atoms with van der Waals surface area (Å²) >= 11 is 0. The van der Waals surface area contributed by atoms with Crippen molar-refractivity contribution in [1.82, 2.24) is 15.1 Å². The van der Waals surface area contributed by atoms with Gasteiger partial charge in [0.2, 0.25) is 0 Å². The van der Waals surface area contributed by atoms with Crippen LogP contribution >= 0.6 is 0 Å². The number of hydrogen-bond donors (Lipinski definition) is 1. The number of aromatic nitrogens is 2. The number of carbonyl (C=O) groups is 1. The van der Waals surface area contributed by atoms with Gasteiger partial charge in [-0.15, -0.1) is 10.2 Å². The Morgan fingerprint density at radius 1 is 1.35 bits per heavy atom. The minimum atomic E-state index is -0.0451. The molecule has 1 fully saturated rings. The largest absolute Gasteiger partial charge is 0.382 e. The van der Waals surface area contributed by atoms with Crippen molar-refractivity contribution in [3.63, 3.8) is 0 Å². The van der Waals surface area contributed by atoms with Crippen LogP contribution in [0.3, 0.4) is 0 Å². The lowest BCUT2D eigenvalue weighted by molar-refractivity contribution is 0.0620. The maximum atomic E-state index is 12.1. The van der Waals surface area contributed by atoms with E-state index in [0.29, 0.717) is 23.3 Å². The van der Waals surface area contributed by atoms with E-state index in [4.69, 9.17) is 5.73 Å². The van der Waals surface area contributed by atoms with Crippen molar-refractivity contribution in [2.24, 2.45) is 11.8 Å². The van der Waals surface area contributed by atoms with E-state index >= 15 is 0 Å². The third-order valence-corrected chi connectivity index (χ3v) is 3.53. The van der Waals surface area contributed by atoms with Gasteiger partial charge in [0.1, 0.15) is 5.82 Å². The lowest BCUT2D eigenvalue weighted by Gasteiger charge is -2.34. The van der Waals surface area contributed by atoms with Crippen LogP contribution in [-0.4, -0.2) is 34.1 Å². The predicted octanol–water partition coefficient (Wildman–Crippen LogP) is 1.18. The molecular formula is C12H18N4O. The normalized spacial score (nSPS) is 24.7. The molecule has 1 amide bonds. The van der Waals surface area contributed by atoms with Gasteiger partial charge in [0.25, 0.3) is 5.91 Å². The quantitative estimate of drug-likeness (QED) is 0.792. The molecule has 0 radical (unpaired) electrons. The first-order valence-corrected chi connectivity index (χ1v) is 5.96. The molecule has 0 aromatic carbocycles. The zero-order chi connectivity index (χ0) is 12.4. The Morgan fingerprint density at radius 2 is 2.12 bits per heavy atom. The van der Waals surface area contributed by atoms with Gasteiger partial charge in [0, 0.05) is 13.1 Å². The number of amides is 1. The number of nitrogens with two attached hydrogens (primary N) is 1. The van der Waals surface area contributed by atoms with Crippen molar-refractivity contribution < 1.29 is 4.79 Å². The number of anilines is 1. The van der Waals surface area contributed by atoms with Crippen molar-refractivity contribution in [2.45, 2.75) is 20.3 Å². The molecule has 0 bridgehead atoms. The van der Waals surface area contributed by atoms with Crippen LogP contribution in [-0.2, 0) is 0 Å². The fourth-order valence-corrected chi connectivity index (χ4v) is 2.07. The smallest absolute Gasteiger partial charge is 0.274 e. The molecule has 5 nitrogen and oxygen atoms in total. The second kappa shape index (κ2) is 4.69. The summed E-state index contributed by atoms with van der Waals surface area (Å²) in [5, 5.41) is 7.54. The number of likely N-dealkylation sites (tertiary alicyclic amines) is 1. The van der Waals surface area contributed by atoms with Crippen LogP contribution in [0.2, 0.25) is 0 Å². The zero-order valence-electron chi connectivity index (χ0n) is 10.3. The van der Waals surface area contributed by atoms with Gasteiger partial charge in [0.15, 0.2) is 5.69 Å². The molecule has 2 N–H and O–H groups in total. The molecule has 2 unspecified atom stereocenters. The highest BCUT2D eigenvalue weighted by Crippen LogP contribution is 2.23. The first-order valence-electron chi connectivity index (χ1n) is 5.96. The highest BCUT2D eigenvalue weighted by molar-refractivity contribution is 5.92. The van der Waals surface area contributed by atoms with Crippen molar-refractivity contribution in [1.29, 1.82) is 0 Å². The molecule has 0 spiro atoms. The Bertz CT molecular complexity index is 403. The molecule has 1 aliphatic rings. The van der Waals surface area contributed by atoms with Gasteiger partial charge in [-0.25, -0.2) is 0 Å². The summed E-state index contributed by atoms with van der Waals surface area (Å²) in [6.07, 6.45) is 1.05. The third-order valence-electron chi connectivity index (χ3n) is 3.53. The number of hydrogen-bond acceptors (Lipinski definition) is 4. The number of nitrogen functional groups attached to an aromatic ring is 1. The highest BCUT2D eigenvalue weighted by atomic mass is 16.2. The molecular weight excluding hydrogens is 216 g/mol. The summed E-state index contributed by atoms with van der Waals surface area (Å²) in [6.45, 7) is 6.01. The molecule has 2 rings (SSSR count). The van der Waals surface area contributed by atoms with Crippen LogP contribution < -0.4 is 5.73 Å². The Morgan fingerprint density at radius 3 is 2.71 bits per heavy atom. The summed E-state index contributed by atoms with van der Waals surface area (Å²) < 4.78 is 0. The summed E-state index contributed by atoms with van der Waals surface area (Å²) in [4.78, 5) is 14.0. The second-order valence-corrected chi connectivity index (χ2v) is 4.84. The van der Waals surface area contributed by atoms with Crippen molar-refractivity contribution in [3.8, 4) is 0 Å². The Hall–Kier alpha value is -1.65. The van der Waals surface area contributed by atoms with E-state index in [0.717, 1.165) is 19.5 Å². The molecule has 0 saturated carbocycles. The summed E-state index contributed by atoms with van der Waals surface area (Å²) in [6, 6.07) is 3.24. The maximum Gasteiger partial charge on any atom is 0.274 e. The van der Waals surface area contributed by atoms with Crippen LogP contribution in [0.4, 0.5) is 5.82 Å². The number of rotatable bonds is 1. The lowest BCUT2D eigenvalue weighted by atomic mass is 9.88. The molecule has 1 aromatic rings. The first kappa shape index (κ1) is 11.8. The predicted molar refractivity (Wildman–Crippen MR) is 65.3 cm³/mol. The van der Waals surface area contributed by atoms with Gasteiger partial charge in [-0.05, 0) is 30.4 Å². The molecule has 2 heterocycles. The van der Waals surface area contributed by atoms with Crippen LogP contribution in [0, 0.1) is 11.8 Å². The molecule has 2 atom stereocenters. The van der Waals surface area contributed by atoms with Gasteiger partial charge in [-0.2, -0.15) is 0 Å². The van der Waals surface area contributed by atoms with Crippen LogP contribution in [0.25, 0.3) is 0 Å². The SMILES string of the molecule is CC1CCN(C(=O)c2ccc(N)nn2)CC1C. The fourth-order valence-electron chi connectivity index (χ4n) is 2.07. The average Bonchev–Trinajstić information content (AvgIpc) is 2.33. The number of carbonyl (C=O) groups excluding carboxylic acids is 1. The topological polar surface area (TPSA) is 72.1 Å². The molecule has 5 heteroatoms. The molecule has 1 aromatic heterocycles. The molecule has 1 aliphatic heterocycles. The number of nitrogens with zero attached hydrogens (tertiary/aromatic N) is 3. The molecule has 92 valence electrons. The van der Waals surface area contributed by atoms with E-state index < -0.39 is 0 Å². The molecule has 0 aliphatic carbocycles.